The molecule has 0 aliphatic heterocycles. The minimum Gasteiger partial charge on any atom is -0.444 e. The third-order valence-electron chi connectivity index (χ3n) is 1.13. The Morgan fingerprint density at radius 2 is 2.50 bits per heavy atom. The van der Waals surface area contributed by atoms with Crippen LogP contribution >= 0.6 is 0 Å². The molecule has 52 valence electrons. The maximum absolute atomic E-state index is 4.99. The van der Waals surface area contributed by atoms with Gasteiger partial charge in [0, 0.05) is 0 Å². The highest BCUT2D eigenvalue weighted by Crippen LogP contribution is 2.08. The Hall–Kier alpha value is -1.31. The maximum atomic E-state index is 4.99. The van der Waals surface area contributed by atoms with Crippen LogP contribution in [-0.4, -0.2) is 4.98 Å². The van der Waals surface area contributed by atoms with E-state index in [4.69, 9.17) is 4.42 Å². The van der Waals surface area contributed by atoms with E-state index in [0.29, 0.717) is 0 Å². The number of hydrogen-bond donors (Lipinski definition) is 0. The molecule has 1 aromatic heterocycles. The van der Waals surface area contributed by atoms with Crippen LogP contribution in [0, 0.1) is 0 Å². The van der Waals surface area contributed by atoms with Gasteiger partial charge in [-0.15, -0.1) is 0 Å². The predicted octanol–water partition coefficient (Wildman–Crippen LogP) is 2.35. The smallest absolute Gasteiger partial charge is 0.181 e. The van der Waals surface area contributed by atoms with Crippen molar-refractivity contribution in [2.24, 2.45) is 0 Å². The van der Waals surface area contributed by atoms with Crippen LogP contribution in [-0.2, 0) is 0 Å². The van der Waals surface area contributed by atoms with Crippen LogP contribution in [0.5, 0.6) is 0 Å². The Morgan fingerprint density at radius 3 is 3.10 bits per heavy atom. The molecule has 2 heteroatoms. The van der Waals surface area contributed by atoms with Crippen molar-refractivity contribution < 1.29 is 4.42 Å². The zero-order chi connectivity index (χ0) is 7.40. The molecule has 0 aromatic carbocycles. The molecule has 0 aliphatic rings. The number of oxazole rings is 1. The second-order valence-corrected chi connectivity index (χ2v) is 1.81. The van der Waals surface area contributed by atoms with Gasteiger partial charge in [-0.25, -0.2) is 4.98 Å². The molecule has 0 spiro atoms. The molecule has 2 nitrogen and oxygen atoms in total. The third-order valence-corrected chi connectivity index (χ3v) is 1.13. The summed E-state index contributed by atoms with van der Waals surface area (Å²) < 4.78 is 4.99. The lowest BCUT2D eigenvalue weighted by Gasteiger charge is -1.83. The van der Waals surface area contributed by atoms with E-state index in [1.54, 1.807) is 6.08 Å². The summed E-state index contributed by atoms with van der Waals surface area (Å²) in [6, 6.07) is 0. The molecule has 0 aliphatic carbocycles. The van der Waals surface area contributed by atoms with Gasteiger partial charge in [-0.1, -0.05) is 12.7 Å². The summed E-state index contributed by atoms with van der Waals surface area (Å²) in [5.41, 5.74) is 0.831. The number of allylic oxidation sites excluding steroid dienone is 1. The van der Waals surface area contributed by atoms with Crippen molar-refractivity contribution in [2.45, 2.75) is 6.92 Å². The average Bonchev–Trinajstić information content (AvgIpc) is 2.36. The molecule has 1 rings (SSSR count). The highest BCUT2D eigenvalue weighted by molar-refractivity contribution is 5.56. The van der Waals surface area contributed by atoms with Crippen LogP contribution in [0.2, 0.25) is 0 Å². The maximum Gasteiger partial charge on any atom is 0.181 e. The summed E-state index contributed by atoms with van der Waals surface area (Å²) in [6.45, 7) is 5.51. The van der Waals surface area contributed by atoms with Gasteiger partial charge in [0.25, 0.3) is 0 Å². The first kappa shape index (κ1) is 6.81. The van der Waals surface area contributed by atoms with Gasteiger partial charge in [-0.2, -0.15) is 0 Å². The molecular weight excluding hydrogens is 126 g/mol. The predicted molar refractivity (Wildman–Crippen MR) is 41.3 cm³/mol. The molecule has 0 bridgehead atoms. The van der Waals surface area contributed by atoms with Gasteiger partial charge in [0.1, 0.15) is 5.69 Å². The third kappa shape index (κ3) is 1.16. The van der Waals surface area contributed by atoms with Crippen LogP contribution in [0.4, 0.5) is 0 Å². The molecular formula is C8H9NO. The summed E-state index contributed by atoms with van der Waals surface area (Å²) in [5, 5.41) is 0. The van der Waals surface area contributed by atoms with E-state index in [2.05, 4.69) is 11.6 Å². The fraction of sp³-hybridized carbons (Fsp3) is 0.125. The largest absolute Gasteiger partial charge is 0.444 e. The van der Waals surface area contributed by atoms with E-state index < -0.39 is 0 Å². The molecule has 0 atom stereocenters. The summed E-state index contributed by atoms with van der Waals surface area (Å²) >= 11 is 0. The molecule has 0 radical (unpaired) electrons. The van der Waals surface area contributed by atoms with Crippen LogP contribution in [0.3, 0.4) is 0 Å². The van der Waals surface area contributed by atoms with Gasteiger partial charge in [-0.3, -0.25) is 0 Å². The highest BCUT2D eigenvalue weighted by Gasteiger charge is 1.97. The molecule has 1 heterocycles. The zero-order valence-electron chi connectivity index (χ0n) is 5.87. The summed E-state index contributed by atoms with van der Waals surface area (Å²) in [7, 11) is 0. The van der Waals surface area contributed by atoms with Crippen LogP contribution in [0.25, 0.3) is 12.2 Å². The number of nitrogens with zero attached hydrogens (tertiary/aromatic N) is 1. The topological polar surface area (TPSA) is 26.0 Å². The molecule has 0 saturated heterocycles. The van der Waals surface area contributed by atoms with E-state index in [1.165, 1.54) is 6.39 Å². The Kier molecular flexibility index (Phi) is 2.05. The van der Waals surface area contributed by atoms with Crippen LogP contribution in [0.15, 0.2) is 23.5 Å². The number of hydrogen-bond acceptors (Lipinski definition) is 2. The Labute approximate surface area is 59.9 Å². The molecule has 0 fully saturated rings. The van der Waals surface area contributed by atoms with Gasteiger partial charge in [-0.05, 0) is 19.1 Å². The van der Waals surface area contributed by atoms with Crippen molar-refractivity contribution >= 4 is 12.2 Å². The number of aromatic nitrogens is 1. The standard InChI is InChI=1S/C8H9NO/c1-3-5-7-8(4-2)10-6-9-7/h3-6H,2H2,1H3/b5-3-. The quantitative estimate of drug-likeness (QED) is 0.622. The number of rotatable bonds is 2. The molecule has 1 aromatic rings. The Morgan fingerprint density at radius 1 is 1.70 bits per heavy atom. The van der Waals surface area contributed by atoms with Gasteiger partial charge >= 0.3 is 0 Å². The van der Waals surface area contributed by atoms with Crippen molar-refractivity contribution in [3.8, 4) is 0 Å². The summed E-state index contributed by atoms with van der Waals surface area (Å²) in [4.78, 5) is 3.95. The van der Waals surface area contributed by atoms with Crippen LogP contribution < -0.4 is 0 Å². The van der Waals surface area contributed by atoms with Crippen molar-refractivity contribution in [3.05, 3.63) is 30.5 Å². The SMILES string of the molecule is C=Cc1ocnc1/C=C\C. The Bertz CT molecular complexity index is 248. The van der Waals surface area contributed by atoms with E-state index in [1.807, 2.05) is 19.1 Å². The molecule has 0 N–H and O–H groups in total. The molecule has 10 heavy (non-hydrogen) atoms. The van der Waals surface area contributed by atoms with Gasteiger partial charge in [0.15, 0.2) is 12.2 Å². The first-order valence-corrected chi connectivity index (χ1v) is 3.07. The van der Waals surface area contributed by atoms with Crippen LogP contribution in [0.1, 0.15) is 18.4 Å². The van der Waals surface area contributed by atoms with Crippen molar-refractivity contribution in [1.29, 1.82) is 0 Å². The molecule has 0 saturated carbocycles. The van der Waals surface area contributed by atoms with Gasteiger partial charge in [0.2, 0.25) is 0 Å². The van der Waals surface area contributed by atoms with E-state index in [0.717, 1.165) is 11.5 Å². The molecule has 0 amide bonds. The van der Waals surface area contributed by atoms with E-state index in [-0.39, 0.29) is 0 Å². The fourth-order valence-corrected chi connectivity index (χ4v) is 0.700. The van der Waals surface area contributed by atoms with Gasteiger partial charge < -0.3 is 4.42 Å². The second-order valence-electron chi connectivity index (χ2n) is 1.81. The molecule has 0 unspecified atom stereocenters. The summed E-state index contributed by atoms with van der Waals surface area (Å²) in [6.07, 6.45) is 6.83. The lowest BCUT2D eigenvalue weighted by Crippen LogP contribution is -1.72. The highest BCUT2D eigenvalue weighted by atomic mass is 16.3. The minimum absolute atomic E-state index is 0.720. The average molecular weight is 135 g/mol. The second kappa shape index (κ2) is 3.01. The minimum atomic E-state index is 0.720. The normalized spacial score (nSPS) is 10.5. The van der Waals surface area contributed by atoms with Crippen molar-refractivity contribution in [3.63, 3.8) is 0 Å². The zero-order valence-corrected chi connectivity index (χ0v) is 5.87. The van der Waals surface area contributed by atoms with Crippen molar-refractivity contribution in [1.82, 2.24) is 4.98 Å². The lowest BCUT2D eigenvalue weighted by atomic mass is 10.3. The first-order chi connectivity index (χ1) is 4.88. The van der Waals surface area contributed by atoms with Gasteiger partial charge in [0.05, 0.1) is 0 Å². The summed E-state index contributed by atoms with van der Waals surface area (Å²) in [5.74, 6) is 0.720. The fourth-order valence-electron chi connectivity index (χ4n) is 0.700. The lowest BCUT2D eigenvalue weighted by molar-refractivity contribution is 0.548. The Balaban J connectivity index is 3.00. The first-order valence-electron chi connectivity index (χ1n) is 3.07. The van der Waals surface area contributed by atoms with E-state index in [9.17, 15) is 0 Å². The van der Waals surface area contributed by atoms with Crippen molar-refractivity contribution in [2.75, 3.05) is 0 Å². The van der Waals surface area contributed by atoms with E-state index >= 15 is 0 Å². The monoisotopic (exact) mass is 135 g/mol.